The van der Waals surface area contributed by atoms with Gasteiger partial charge in [0.2, 0.25) is 0 Å². The zero-order valence-corrected chi connectivity index (χ0v) is 12.5. The Balaban J connectivity index is 1.66. The van der Waals surface area contributed by atoms with Gasteiger partial charge in [-0.15, -0.1) is 11.3 Å². The number of fused-ring (bicyclic) bond motifs is 1. The van der Waals surface area contributed by atoms with E-state index >= 15 is 0 Å². The van der Waals surface area contributed by atoms with E-state index in [0.717, 1.165) is 18.5 Å². The number of benzene rings is 1. The number of aryl methyl sites for hydroxylation is 2. The molecule has 1 unspecified atom stereocenters. The number of nitrogens with one attached hydrogen (secondary N) is 1. The fourth-order valence-electron chi connectivity index (χ4n) is 2.60. The highest BCUT2D eigenvalue weighted by Crippen LogP contribution is 2.31. The summed E-state index contributed by atoms with van der Waals surface area (Å²) in [7, 11) is 0. The van der Waals surface area contributed by atoms with Crippen molar-refractivity contribution in [3.05, 3.63) is 45.4 Å². The average molecular weight is 288 g/mol. The van der Waals surface area contributed by atoms with Crippen LogP contribution in [0.4, 0.5) is 5.69 Å². The molecule has 106 valence electrons. The molecular weight excluding hydrogens is 268 g/mol. The Kier molecular flexibility index (Phi) is 4.03. The van der Waals surface area contributed by atoms with E-state index < -0.39 is 0 Å². The van der Waals surface area contributed by atoms with Gasteiger partial charge in [-0.2, -0.15) is 0 Å². The third-order valence-corrected chi connectivity index (χ3v) is 5.06. The molecule has 1 aromatic carbocycles. The van der Waals surface area contributed by atoms with Crippen LogP contribution < -0.4 is 5.32 Å². The molecule has 0 saturated carbocycles. The maximum atomic E-state index is 8.92. The quantitative estimate of drug-likeness (QED) is 0.887. The number of nitrogens with zero attached hydrogens (tertiary/aromatic N) is 1. The van der Waals surface area contributed by atoms with E-state index in [0.29, 0.717) is 0 Å². The Morgan fingerprint density at radius 2 is 2.10 bits per heavy atom. The summed E-state index contributed by atoms with van der Waals surface area (Å²) in [5, 5.41) is 13.6. The van der Waals surface area contributed by atoms with Gasteiger partial charge < -0.3 is 10.4 Å². The second-order valence-electron chi connectivity index (χ2n) is 5.31. The highest BCUT2D eigenvalue weighted by atomic mass is 32.1. The van der Waals surface area contributed by atoms with Crippen LogP contribution in [0.25, 0.3) is 0 Å². The van der Waals surface area contributed by atoms with Gasteiger partial charge in [0.15, 0.2) is 0 Å². The fourth-order valence-corrected chi connectivity index (χ4v) is 3.76. The van der Waals surface area contributed by atoms with Gasteiger partial charge in [0.25, 0.3) is 0 Å². The van der Waals surface area contributed by atoms with Crippen LogP contribution in [0.3, 0.4) is 0 Å². The van der Waals surface area contributed by atoms with Gasteiger partial charge in [0, 0.05) is 17.2 Å². The zero-order valence-electron chi connectivity index (χ0n) is 11.7. The summed E-state index contributed by atoms with van der Waals surface area (Å²) >= 11 is 1.85. The molecule has 0 spiro atoms. The molecule has 0 radical (unpaired) electrons. The van der Waals surface area contributed by atoms with E-state index in [1.807, 2.05) is 11.3 Å². The number of rotatable bonds is 5. The van der Waals surface area contributed by atoms with Crippen molar-refractivity contribution in [3.63, 3.8) is 0 Å². The molecule has 4 heteroatoms. The second kappa shape index (κ2) is 5.94. The average Bonchev–Trinajstić information content (AvgIpc) is 3.02. The number of thiazole rings is 1. The lowest BCUT2D eigenvalue weighted by Crippen LogP contribution is -2.06. The summed E-state index contributed by atoms with van der Waals surface area (Å²) in [6.45, 7) is 2.36. The molecule has 2 aromatic rings. The molecule has 3 rings (SSSR count). The van der Waals surface area contributed by atoms with Crippen molar-refractivity contribution in [1.82, 2.24) is 4.98 Å². The van der Waals surface area contributed by atoms with Crippen molar-refractivity contribution in [2.75, 3.05) is 11.9 Å². The Morgan fingerprint density at radius 1 is 1.30 bits per heavy atom. The van der Waals surface area contributed by atoms with Crippen molar-refractivity contribution in [2.45, 2.75) is 38.6 Å². The van der Waals surface area contributed by atoms with E-state index in [4.69, 9.17) is 10.1 Å². The van der Waals surface area contributed by atoms with Gasteiger partial charge in [0.05, 0.1) is 11.7 Å². The van der Waals surface area contributed by atoms with E-state index in [2.05, 4.69) is 36.5 Å². The van der Waals surface area contributed by atoms with Crippen LogP contribution in [-0.2, 0) is 19.3 Å². The minimum Gasteiger partial charge on any atom is -0.396 e. The highest BCUT2D eigenvalue weighted by molar-refractivity contribution is 7.11. The third-order valence-electron chi connectivity index (χ3n) is 3.72. The Hall–Kier alpha value is -1.39. The molecule has 0 saturated heterocycles. The smallest absolute Gasteiger partial charge is 0.115 e. The van der Waals surface area contributed by atoms with Crippen molar-refractivity contribution in [2.24, 2.45) is 0 Å². The minimum atomic E-state index is 0.202. The predicted octanol–water partition coefficient (Wildman–Crippen LogP) is 3.34. The molecule has 1 heterocycles. The molecular formula is C16H20N2OS. The molecule has 1 aliphatic rings. The first kappa shape index (κ1) is 13.6. The number of aliphatic hydroxyl groups is 1. The van der Waals surface area contributed by atoms with Crippen molar-refractivity contribution in [1.29, 1.82) is 0 Å². The fraction of sp³-hybridized carbons (Fsp3) is 0.438. The number of hydrogen-bond donors (Lipinski definition) is 2. The first-order valence-electron chi connectivity index (χ1n) is 7.21. The third kappa shape index (κ3) is 2.86. The number of aliphatic hydroxyl groups excluding tert-OH is 1. The van der Waals surface area contributed by atoms with Gasteiger partial charge >= 0.3 is 0 Å². The van der Waals surface area contributed by atoms with E-state index in [1.54, 1.807) is 0 Å². The van der Waals surface area contributed by atoms with Gasteiger partial charge in [-0.05, 0) is 50.3 Å². The molecule has 0 aliphatic heterocycles. The molecule has 0 bridgehead atoms. The molecule has 1 aliphatic carbocycles. The predicted molar refractivity (Wildman–Crippen MR) is 83.4 cm³/mol. The van der Waals surface area contributed by atoms with Crippen LogP contribution in [0.1, 0.15) is 40.5 Å². The lowest BCUT2D eigenvalue weighted by atomic mass is 10.1. The number of hydrogen-bond acceptors (Lipinski definition) is 4. The molecule has 0 amide bonds. The molecule has 1 atom stereocenters. The summed E-state index contributed by atoms with van der Waals surface area (Å²) in [6, 6.07) is 8.51. The molecule has 20 heavy (non-hydrogen) atoms. The maximum Gasteiger partial charge on any atom is 0.115 e. The molecule has 3 nitrogen and oxygen atoms in total. The summed E-state index contributed by atoms with van der Waals surface area (Å²) < 4.78 is 0. The van der Waals surface area contributed by atoms with E-state index in [1.165, 1.54) is 34.0 Å². The molecule has 0 fully saturated rings. The van der Waals surface area contributed by atoms with Crippen LogP contribution in [0.2, 0.25) is 0 Å². The van der Waals surface area contributed by atoms with Crippen molar-refractivity contribution < 1.29 is 5.11 Å². The Bertz CT molecular complexity index is 555. The Labute approximate surface area is 123 Å². The number of anilines is 1. The first-order valence-corrected chi connectivity index (χ1v) is 8.02. The van der Waals surface area contributed by atoms with Gasteiger partial charge in [-0.1, -0.05) is 12.1 Å². The largest absolute Gasteiger partial charge is 0.396 e. The monoisotopic (exact) mass is 288 g/mol. The van der Waals surface area contributed by atoms with Crippen LogP contribution in [0.5, 0.6) is 0 Å². The van der Waals surface area contributed by atoms with Crippen LogP contribution in [-0.4, -0.2) is 16.7 Å². The normalized spacial score (nSPS) is 15.1. The highest BCUT2D eigenvalue weighted by Gasteiger charge is 2.19. The molecule has 2 N–H and O–H groups in total. The van der Waals surface area contributed by atoms with Crippen LogP contribution >= 0.6 is 11.3 Å². The number of aromatic nitrogens is 1. The lowest BCUT2D eigenvalue weighted by Gasteiger charge is -2.13. The minimum absolute atomic E-state index is 0.202. The van der Waals surface area contributed by atoms with Gasteiger partial charge in [-0.3, -0.25) is 0 Å². The van der Waals surface area contributed by atoms with Gasteiger partial charge in [-0.25, -0.2) is 4.98 Å². The Morgan fingerprint density at radius 3 is 2.80 bits per heavy atom. The van der Waals surface area contributed by atoms with Crippen LogP contribution in [0.15, 0.2) is 24.3 Å². The summed E-state index contributed by atoms with van der Waals surface area (Å²) in [5.74, 6) is 0. The van der Waals surface area contributed by atoms with Gasteiger partial charge in [0.1, 0.15) is 5.01 Å². The summed E-state index contributed by atoms with van der Waals surface area (Å²) in [4.78, 5) is 6.24. The van der Waals surface area contributed by atoms with Crippen molar-refractivity contribution >= 4 is 17.0 Å². The SMILES string of the molecule is CC(Nc1ccc(CCO)cc1)c1nc2c(s1)CCC2. The second-order valence-corrected chi connectivity index (χ2v) is 6.43. The van der Waals surface area contributed by atoms with E-state index in [9.17, 15) is 0 Å². The summed E-state index contributed by atoms with van der Waals surface area (Å²) in [6.07, 6.45) is 4.33. The van der Waals surface area contributed by atoms with Crippen molar-refractivity contribution in [3.8, 4) is 0 Å². The zero-order chi connectivity index (χ0) is 13.9. The summed E-state index contributed by atoms with van der Waals surface area (Å²) in [5.41, 5.74) is 3.59. The molecule has 1 aromatic heterocycles. The lowest BCUT2D eigenvalue weighted by molar-refractivity contribution is 0.299. The maximum absolute atomic E-state index is 8.92. The van der Waals surface area contributed by atoms with E-state index in [-0.39, 0.29) is 12.6 Å². The standard InChI is InChI=1S/C16H20N2OS/c1-11(16-18-14-3-2-4-15(14)20-16)17-13-7-5-12(6-8-13)9-10-19/h5-8,11,17,19H,2-4,9-10H2,1H3. The first-order chi connectivity index (χ1) is 9.76. The topological polar surface area (TPSA) is 45.1 Å². The van der Waals surface area contributed by atoms with Crippen LogP contribution in [0, 0.1) is 0 Å².